The third kappa shape index (κ3) is 3.82. The van der Waals surface area contributed by atoms with Gasteiger partial charge >= 0.3 is 0 Å². The van der Waals surface area contributed by atoms with E-state index in [2.05, 4.69) is 50.1 Å². The van der Waals surface area contributed by atoms with E-state index in [0.717, 1.165) is 44.3 Å². The second-order valence-corrected chi connectivity index (χ2v) is 7.73. The Labute approximate surface area is 169 Å². The van der Waals surface area contributed by atoms with Crippen molar-refractivity contribution in [1.29, 1.82) is 0 Å². The number of imidazole rings is 1. The van der Waals surface area contributed by atoms with Crippen LogP contribution in [0.1, 0.15) is 60.4 Å². The van der Waals surface area contributed by atoms with E-state index < -0.39 is 0 Å². The van der Waals surface area contributed by atoms with Crippen LogP contribution in [0.2, 0.25) is 5.15 Å². The number of aromatic nitrogens is 6. The van der Waals surface area contributed by atoms with Crippen molar-refractivity contribution in [3.05, 3.63) is 57.9 Å². The number of hydrogen-bond acceptors (Lipinski definition) is 5. The number of halogens is 1. The molecule has 0 amide bonds. The number of rotatable bonds is 7. The Morgan fingerprint density at radius 2 is 2.18 bits per heavy atom. The molecule has 1 aliphatic carbocycles. The Bertz CT molecular complexity index is 937. The molecule has 4 rings (SSSR count). The van der Waals surface area contributed by atoms with Gasteiger partial charge in [-0.3, -0.25) is 0 Å². The average Bonchev–Trinajstić information content (AvgIpc) is 3.34. The number of aryl methyl sites for hydroxylation is 2. The van der Waals surface area contributed by atoms with Gasteiger partial charge in [0.1, 0.15) is 5.82 Å². The third-order valence-corrected chi connectivity index (χ3v) is 5.81. The molecule has 1 unspecified atom stereocenters. The fourth-order valence-electron chi connectivity index (χ4n) is 3.98. The fraction of sp³-hybridized carbons (Fsp3) is 0.500. The van der Waals surface area contributed by atoms with Crippen molar-refractivity contribution in [1.82, 2.24) is 29.8 Å². The molecule has 28 heavy (non-hydrogen) atoms. The van der Waals surface area contributed by atoms with Gasteiger partial charge in [-0.25, -0.2) is 4.98 Å². The first kappa shape index (κ1) is 19.1. The molecular weight excluding hydrogens is 376 g/mol. The predicted molar refractivity (Wildman–Crippen MR) is 106 cm³/mol. The van der Waals surface area contributed by atoms with E-state index in [1.807, 2.05) is 0 Å². The van der Waals surface area contributed by atoms with Crippen molar-refractivity contribution in [2.45, 2.75) is 64.6 Å². The molecule has 0 aliphatic heterocycles. The zero-order chi connectivity index (χ0) is 19.5. The van der Waals surface area contributed by atoms with Gasteiger partial charge < -0.3 is 9.67 Å². The van der Waals surface area contributed by atoms with Crippen molar-refractivity contribution in [2.75, 3.05) is 0 Å². The van der Waals surface area contributed by atoms with Crippen molar-refractivity contribution in [2.24, 2.45) is 0 Å². The van der Waals surface area contributed by atoms with E-state index in [1.54, 1.807) is 4.80 Å². The van der Waals surface area contributed by atoms with E-state index >= 15 is 0 Å². The summed E-state index contributed by atoms with van der Waals surface area (Å²) in [6.07, 6.45) is 7.44. The summed E-state index contributed by atoms with van der Waals surface area (Å²) in [5.41, 5.74) is 4.62. The van der Waals surface area contributed by atoms with Gasteiger partial charge in [-0.1, -0.05) is 43.1 Å². The highest BCUT2D eigenvalue weighted by molar-refractivity contribution is 6.30. The van der Waals surface area contributed by atoms with Crippen LogP contribution < -0.4 is 0 Å². The molecule has 0 bridgehead atoms. The highest BCUT2D eigenvalue weighted by Crippen LogP contribution is 2.29. The number of aliphatic hydroxyl groups excluding tert-OH is 1. The van der Waals surface area contributed by atoms with Crippen LogP contribution in [0.4, 0.5) is 0 Å². The van der Waals surface area contributed by atoms with Gasteiger partial charge in [0.25, 0.3) is 0 Å². The molecule has 0 saturated carbocycles. The summed E-state index contributed by atoms with van der Waals surface area (Å²) in [7, 11) is 0. The van der Waals surface area contributed by atoms with Crippen LogP contribution in [0, 0.1) is 0 Å². The number of unbranched alkanes of at least 4 members (excludes halogenated alkanes) is 1. The minimum atomic E-state index is -0.102. The maximum Gasteiger partial charge on any atom is 0.162 e. The molecule has 7 nitrogen and oxygen atoms in total. The molecule has 1 atom stereocenters. The van der Waals surface area contributed by atoms with Crippen LogP contribution >= 0.6 is 11.6 Å². The largest absolute Gasteiger partial charge is 0.390 e. The Kier molecular flexibility index (Phi) is 5.73. The van der Waals surface area contributed by atoms with Crippen LogP contribution in [0.15, 0.2) is 24.5 Å². The number of tetrazole rings is 1. The van der Waals surface area contributed by atoms with E-state index in [1.165, 1.54) is 23.0 Å². The van der Waals surface area contributed by atoms with Crippen molar-refractivity contribution >= 4 is 11.6 Å². The average molecular weight is 401 g/mol. The zero-order valence-corrected chi connectivity index (χ0v) is 16.8. The van der Waals surface area contributed by atoms with E-state index in [4.69, 9.17) is 11.6 Å². The lowest BCUT2D eigenvalue weighted by atomic mass is 9.87. The second kappa shape index (κ2) is 8.41. The quantitative estimate of drug-likeness (QED) is 0.658. The molecule has 1 N–H and O–H groups in total. The lowest BCUT2D eigenvalue weighted by Gasteiger charge is -2.24. The Morgan fingerprint density at radius 1 is 1.29 bits per heavy atom. The molecule has 1 aromatic carbocycles. The van der Waals surface area contributed by atoms with Crippen molar-refractivity contribution in [3.8, 4) is 0 Å². The topological polar surface area (TPSA) is 81.7 Å². The molecule has 0 spiro atoms. The summed E-state index contributed by atoms with van der Waals surface area (Å²) in [4.78, 5) is 6.21. The van der Waals surface area contributed by atoms with Crippen LogP contribution in [0.3, 0.4) is 0 Å². The van der Waals surface area contributed by atoms with Gasteiger partial charge in [-0.2, -0.15) is 4.80 Å². The lowest BCUT2D eigenvalue weighted by Crippen LogP contribution is -2.21. The third-order valence-electron chi connectivity index (χ3n) is 5.51. The molecule has 1 aliphatic rings. The van der Waals surface area contributed by atoms with Crippen LogP contribution in [-0.4, -0.2) is 34.9 Å². The van der Waals surface area contributed by atoms with E-state index in [-0.39, 0.29) is 12.6 Å². The first-order chi connectivity index (χ1) is 13.7. The highest BCUT2D eigenvalue weighted by atomic mass is 35.5. The van der Waals surface area contributed by atoms with Gasteiger partial charge in [-0.05, 0) is 47.6 Å². The number of fused-ring (bicyclic) bond motifs is 1. The summed E-state index contributed by atoms with van der Waals surface area (Å²) < 4.78 is 2.07. The van der Waals surface area contributed by atoms with Crippen molar-refractivity contribution in [3.63, 3.8) is 0 Å². The normalized spacial score (nSPS) is 16.3. The fourth-order valence-corrected chi connectivity index (χ4v) is 4.24. The first-order valence-corrected chi connectivity index (χ1v) is 10.2. The Hall–Kier alpha value is -2.25. The van der Waals surface area contributed by atoms with Gasteiger partial charge in [0.2, 0.25) is 0 Å². The van der Waals surface area contributed by atoms with Crippen LogP contribution in [0.25, 0.3) is 0 Å². The molecule has 2 aromatic heterocycles. The Balaban J connectivity index is 1.56. The number of benzene rings is 1. The minimum absolute atomic E-state index is 0.102. The van der Waals surface area contributed by atoms with Gasteiger partial charge in [-0.15, -0.1) is 10.2 Å². The monoisotopic (exact) mass is 400 g/mol. The number of hydrogen-bond donors (Lipinski definition) is 1. The van der Waals surface area contributed by atoms with Gasteiger partial charge in [0.05, 0.1) is 18.3 Å². The molecular formula is C20H25ClN6O. The van der Waals surface area contributed by atoms with Crippen molar-refractivity contribution < 1.29 is 5.11 Å². The summed E-state index contributed by atoms with van der Waals surface area (Å²) in [6, 6.07) is 6.92. The van der Waals surface area contributed by atoms with Gasteiger partial charge in [0, 0.05) is 13.0 Å². The standard InChI is InChI=1S/C20H25ClN6O/c1-2-3-4-19-24-20(21)18(12-28)26(19)11-14-5-6-16-10-17(8-7-15(16)9-14)27-23-13-22-25-27/h5-6,9,13,17,28H,2-4,7-8,10-12H2,1H3. The molecule has 2 heterocycles. The molecule has 0 radical (unpaired) electrons. The summed E-state index contributed by atoms with van der Waals surface area (Å²) in [5, 5.41) is 22.2. The summed E-state index contributed by atoms with van der Waals surface area (Å²) in [5.74, 6) is 0.950. The van der Waals surface area contributed by atoms with Crippen LogP contribution in [0.5, 0.6) is 0 Å². The van der Waals surface area contributed by atoms with E-state index in [9.17, 15) is 5.11 Å². The number of nitrogens with zero attached hydrogens (tertiary/aromatic N) is 6. The summed E-state index contributed by atoms with van der Waals surface area (Å²) >= 11 is 6.26. The second-order valence-electron chi connectivity index (χ2n) is 7.37. The highest BCUT2D eigenvalue weighted by Gasteiger charge is 2.22. The van der Waals surface area contributed by atoms with Crippen LogP contribution in [-0.2, 0) is 32.4 Å². The molecule has 0 fully saturated rings. The maximum atomic E-state index is 9.76. The molecule has 0 saturated heterocycles. The SMILES string of the molecule is CCCCc1nc(Cl)c(CO)n1Cc1ccc2c(c1)CCC(n1ncnn1)C2. The molecule has 148 valence electrons. The molecule has 8 heteroatoms. The smallest absolute Gasteiger partial charge is 0.162 e. The predicted octanol–water partition coefficient (Wildman–Crippen LogP) is 3.14. The van der Waals surface area contributed by atoms with E-state index in [0.29, 0.717) is 17.4 Å². The maximum absolute atomic E-state index is 9.76. The summed E-state index contributed by atoms with van der Waals surface area (Å²) in [6.45, 7) is 2.74. The number of aliphatic hydroxyl groups is 1. The van der Waals surface area contributed by atoms with Gasteiger partial charge in [0.15, 0.2) is 11.5 Å². The first-order valence-electron chi connectivity index (χ1n) is 9.87. The lowest BCUT2D eigenvalue weighted by molar-refractivity contribution is 0.271. The minimum Gasteiger partial charge on any atom is -0.390 e. The zero-order valence-electron chi connectivity index (χ0n) is 16.1. The Morgan fingerprint density at radius 3 is 2.93 bits per heavy atom. The molecule has 3 aromatic rings.